The lowest BCUT2D eigenvalue weighted by molar-refractivity contribution is -0.890. The molecule has 1 amide bonds. The lowest BCUT2D eigenvalue weighted by Gasteiger charge is -2.22. The molecule has 0 aliphatic carbocycles. The van der Waals surface area contributed by atoms with Gasteiger partial charge in [0.2, 0.25) is 0 Å². The molecule has 27 heavy (non-hydrogen) atoms. The predicted octanol–water partition coefficient (Wildman–Crippen LogP) is 1.28. The van der Waals surface area contributed by atoms with E-state index in [0.717, 1.165) is 11.3 Å². The number of methoxy groups -OCH3 is 1. The highest BCUT2D eigenvalue weighted by molar-refractivity contribution is 5.94. The molecule has 0 aliphatic rings. The molecular formula is C21H27N2O4+. The van der Waals surface area contributed by atoms with Crippen molar-refractivity contribution in [3.05, 3.63) is 59.7 Å². The van der Waals surface area contributed by atoms with Crippen molar-refractivity contribution in [1.29, 1.82) is 0 Å². The second kappa shape index (κ2) is 9.73. The Balaban J connectivity index is 1.90. The summed E-state index contributed by atoms with van der Waals surface area (Å²) in [6.07, 6.45) is 0. The first-order valence-electron chi connectivity index (χ1n) is 8.85. The molecule has 0 bridgehead atoms. The standard InChI is InChI=1S/C21H26N2O4/c1-15(24)17-6-5-7-19(12-17)27-14-21(25)22-13-20(23(2)3)16-8-10-18(26-4)11-9-16/h5-12,20H,13-14H2,1-4H3,(H,22,25)/p+1/t20-/m0/s1. The van der Waals surface area contributed by atoms with Gasteiger partial charge in [-0.15, -0.1) is 0 Å². The number of benzene rings is 2. The van der Waals surface area contributed by atoms with Crippen molar-refractivity contribution in [3.8, 4) is 11.5 Å². The number of carbonyl (C=O) groups excluding carboxylic acids is 2. The molecule has 0 fully saturated rings. The van der Waals surface area contributed by atoms with E-state index in [-0.39, 0.29) is 24.3 Å². The monoisotopic (exact) mass is 371 g/mol. The molecule has 2 aromatic carbocycles. The van der Waals surface area contributed by atoms with Gasteiger partial charge in [-0.1, -0.05) is 12.1 Å². The number of hydrogen-bond acceptors (Lipinski definition) is 4. The van der Waals surface area contributed by atoms with E-state index in [4.69, 9.17) is 9.47 Å². The van der Waals surface area contributed by atoms with Crippen LogP contribution < -0.4 is 19.7 Å². The summed E-state index contributed by atoms with van der Waals surface area (Å²) in [5, 5.41) is 2.92. The number of Topliss-reactive ketones (excluding diaryl/α,β-unsaturated/α-hetero) is 1. The van der Waals surface area contributed by atoms with Gasteiger partial charge in [0.25, 0.3) is 5.91 Å². The number of likely N-dealkylation sites (N-methyl/N-ethyl adjacent to an activating group) is 1. The van der Waals surface area contributed by atoms with Gasteiger partial charge in [0.05, 0.1) is 27.7 Å². The molecule has 1 atom stereocenters. The molecule has 0 saturated carbocycles. The van der Waals surface area contributed by atoms with Gasteiger partial charge in [0.15, 0.2) is 12.4 Å². The highest BCUT2D eigenvalue weighted by Gasteiger charge is 2.19. The summed E-state index contributed by atoms with van der Waals surface area (Å²) < 4.78 is 10.7. The zero-order chi connectivity index (χ0) is 19.8. The molecule has 0 unspecified atom stereocenters. The minimum Gasteiger partial charge on any atom is -0.497 e. The zero-order valence-corrected chi connectivity index (χ0v) is 16.2. The number of ether oxygens (including phenoxy) is 2. The van der Waals surface area contributed by atoms with Gasteiger partial charge in [-0.2, -0.15) is 0 Å². The first-order chi connectivity index (χ1) is 12.9. The lowest BCUT2D eigenvalue weighted by atomic mass is 10.1. The maximum absolute atomic E-state index is 12.2. The van der Waals surface area contributed by atoms with Crippen LogP contribution in [0.25, 0.3) is 0 Å². The fourth-order valence-electron chi connectivity index (χ4n) is 2.71. The second-order valence-electron chi connectivity index (χ2n) is 6.58. The minimum absolute atomic E-state index is 0.0406. The first-order valence-corrected chi connectivity index (χ1v) is 8.85. The van der Waals surface area contributed by atoms with Crippen molar-refractivity contribution in [3.63, 3.8) is 0 Å². The van der Waals surface area contributed by atoms with Crippen molar-refractivity contribution in [2.24, 2.45) is 0 Å². The fraction of sp³-hybridized carbons (Fsp3) is 0.333. The van der Waals surface area contributed by atoms with Crippen molar-refractivity contribution in [2.75, 3.05) is 34.4 Å². The third kappa shape index (κ3) is 6.11. The van der Waals surface area contributed by atoms with Crippen LogP contribution >= 0.6 is 0 Å². The van der Waals surface area contributed by atoms with E-state index in [0.29, 0.717) is 17.9 Å². The Hall–Kier alpha value is -2.86. The van der Waals surface area contributed by atoms with Crippen molar-refractivity contribution in [1.82, 2.24) is 5.32 Å². The van der Waals surface area contributed by atoms with Gasteiger partial charge < -0.3 is 19.7 Å². The summed E-state index contributed by atoms with van der Waals surface area (Å²) in [6.45, 7) is 1.89. The largest absolute Gasteiger partial charge is 0.497 e. The topological polar surface area (TPSA) is 69.1 Å². The number of amides is 1. The Labute approximate surface area is 160 Å². The fourth-order valence-corrected chi connectivity index (χ4v) is 2.71. The smallest absolute Gasteiger partial charge is 0.258 e. The molecule has 0 saturated heterocycles. The number of carbonyl (C=O) groups is 2. The van der Waals surface area contributed by atoms with Crippen LogP contribution in [0.3, 0.4) is 0 Å². The first kappa shape index (κ1) is 20.5. The van der Waals surface area contributed by atoms with Gasteiger partial charge in [0.1, 0.15) is 17.5 Å². The highest BCUT2D eigenvalue weighted by Crippen LogP contribution is 2.16. The van der Waals surface area contributed by atoms with E-state index >= 15 is 0 Å². The average Bonchev–Trinajstić information content (AvgIpc) is 2.67. The number of ketones is 1. The number of rotatable bonds is 9. The van der Waals surface area contributed by atoms with Crippen molar-refractivity contribution < 1.29 is 24.0 Å². The highest BCUT2D eigenvalue weighted by atomic mass is 16.5. The van der Waals surface area contributed by atoms with E-state index < -0.39 is 0 Å². The summed E-state index contributed by atoms with van der Waals surface area (Å²) in [7, 11) is 5.73. The van der Waals surface area contributed by atoms with Crippen LogP contribution in [-0.2, 0) is 4.79 Å². The maximum atomic E-state index is 12.2. The van der Waals surface area contributed by atoms with Gasteiger partial charge in [-0.25, -0.2) is 0 Å². The normalized spacial score (nSPS) is 11.7. The van der Waals surface area contributed by atoms with E-state index in [1.807, 2.05) is 38.4 Å². The molecule has 0 heterocycles. The Morgan fingerprint density at radius 3 is 2.37 bits per heavy atom. The molecule has 6 heteroatoms. The Bertz CT molecular complexity index is 772. The van der Waals surface area contributed by atoms with E-state index in [1.165, 1.54) is 11.8 Å². The second-order valence-corrected chi connectivity index (χ2v) is 6.58. The number of nitrogens with one attached hydrogen (secondary N) is 2. The van der Waals surface area contributed by atoms with Gasteiger partial charge in [0, 0.05) is 11.1 Å². The Morgan fingerprint density at radius 1 is 1.07 bits per heavy atom. The van der Waals surface area contributed by atoms with Crippen LogP contribution in [0.2, 0.25) is 0 Å². The third-order valence-corrected chi connectivity index (χ3v) is 4.33. The SMILES string of the molecule is COc1ccc([C@H](CNC(=O)COc2cccc(C(C)=O)c2)[NH+](C)C)cc1. The Kier molecular flexibility index (Phi) is 7.37. The molecule has 2 rings (SSSR count). The van der Waals surface area contributed by atoms with Crippen LogP contribution in [-0.4, -0.2) is 46.0 Å². The van der Waals surface area contributed by atoms with Crippen molar-refractivity contribution in [2.45, 2.75) is 13.0 Å². The molecule has 0 aromatic heterocycles. The van der Waals surface area contributed by atoms with E-state index in [1.54, 1.807) is 31.4 Å². The Morgan fingerprint density at radius 2 is 1.78 bits per heavy atom. The number of quaternary nitrogens is 1. The zero-order valence-electron chi connectivity index (χ0n) is 16.2. The van der Waals surface area contributed by atoms with Gasteiger partial charge in [-0.3, -0.25) is 9.59 Å². The lowest BCUT2D eigenvalue weighted by Crippen LogP contribution is -3.07. The molecular weight excluding hydrogens is 344 g/mol. The molecule has 2 N–H and O–H groups in total. The van der Waals surface area contributed by atoms with E-state index in [9.17, 15) is 9.59 Å². The maximum Gasteiger partial charge on any atom is 0.258 e. The molecule has 2 aromatic rings. The van der Waals surface area contributed by atoms with Crippen molar-refractivity contribution >= 4 is 11.7 Å². The molecule has 144 valence electrons. The molecule has 0 radical (unpaired) electrons. The summed E-state index contributed by atoms with van der Waals surface area (Å²) >= 11 is 0. The molecule has 0 spiro atoms. The summed E-state index contributed by atoms with van der Waals surface area (Å²) in [6, 6.07) is 14.8. The minimum atomic E-state index is -0.206. The van der Waals surface area contributed by atoms with Crippen LogP contribution in [0.5, 0.6) is 11.5 Å². The van der Waals surface area contributed by atoms with Crippen LogP contribution in [0.1, 0.15) is 28.9 Å². The summed E-state index contributed by atoms with van der Waals surface area (Å²) in [4.78, 5) is 24.8. The molecule has 0 aliphatic heterocycles. The summed E-state index contributed by atoms with van der Waals surface area (Å²) in [5.41, 5.74) is 1.68. The van der Waals surface area contributed by atoms with Crippen LogP contribution in [0.4, 0.5) is 0 Å². The van der Waals surface area contributed by atoms with Crippen LogP contribution in [0.15, 0.2) is 48.5 Å². The van der Waals surface area contributed by atoms with Gasteiger partial charge in [-0.05, 0) is 43.3 Å². The van der Waals surface area contributed by atoms with Gasteiger partial charge >= 0.3 is 0 Å². The quantitative estimate of drug-likeness (QED) is 0.652. The van der Waals surface area contributed by atoms with Crippen LogP contribution in [0, 0.1) is 0 Å². The average molecular weight is 371 g/mol. The van der Waals surface area contributed by atoms with E-state index in [2.05, 4.69) is 5.32 Å². The predicted molar refractivity (Wildman–Crippen MR) is 103 cm³/mol. The molecule has 6 nitrogen and oxygen atoms in total. The third-order valence-electron chi connectivity index (χ3n) is 4.33. The summed E-state index contributed by atoms with van der Waals surface area (Å²) in [5.74, 6) is 1.06. The number of hydrogen-bond donors (Lipinski definition) is 2.